The predicted octanol–water partition coefficient (Wildman–Crippen LogP) is 1.86. The number of aryl methyl sites for hydroxylation is 1. The van der Waals surface area contributed by atoms with Gasteiger partial charge >= 0.3 is 0 Å². The van der Waals surface area contributed by atoms with Crippen LogP contribution in [-0.4, -0.2) is 36.4 Å². The Hall–Kier alpha value is -0.830. The van der Waals surface area contributed by atoms with Crippen molar-refractivity contribution in [3.63, 3.8) is 0 Å². The average molecular weight is 326 g/mol. The molecule has 0 bridgehead atoms. The van der Waals surface area contributed by atoms with Crippen molar-refractivity contribution in [3.05, 3.63) is 16.0 Å². The van der Waals surface area contributed by atoms with Crippen LogP contribution in [0.15, 0.2) is 15.4 Å². The van der Waals surface area contributed by atoms with Gasteiger partial charge in [0.2, 0.25) is 0 Å². The quantitative estimate of drug-likeness (QED) is 0.374. The van der Waals surface area contributed by atoms with Crippen LogP contribution in [0.2, 0.25) is 4.34 Å². The molecule has 0 aliphatic carbocycles. The van der Waals surface area contributed by atoms with E-state index < -0.39 is 10.0 Å². The smallest absolute Gasteiger partial charge is 0.253 e. The maximum Gasteiger partial charge on any atom is 0.253 e. The summed E-state index contributed by atoms with van der Waals surface area (Å²) >= 11 is 6.89. The number of rotatable bonds is 5. The van der Waals surface area contributed by atoms with Gasteiger partial charge in [-0.1, -0.05) is 16.8 Å². The summed E-state index contributed by atoms with van der Waals surface area (Å²) in [6.45, 7) is 4.99. The van der Waals surface area contributed by atoms with E-state index in [9.17, 15) is 8.42 Å². The van der Waals surface area contributed by atoms with E-state index in [0.29, 0.717) is 9.90 Å². The predicted molar refractivity (Wildman–Crippen MR) is 76.5 cm³/mol. The van der Waals surface area contributed by atoms with Gasteiger partial charge in [0.25, 0.3) is 10.0 Å². The molecular weight excluding hydrogens is 310 g/mol. The summed E-state index contributed by atoms with van der Waals surface area (Å²) in [6, 6.07) is 1.19. The van der Waals surface area contributed by atoms with Gasteiger partial charge in [-0.25, -0.2) is 8.42 Å². The molecule has 6 nitrogen and oxygen atoms in total. The van der Waals surface area contributed by atoms with Gasteiger partial charge < -0.3 is 10.9 Å². The van der Waals surface area contributed by atoms with Crippen LogP contribution in [0.5, 0.6) is 0 Å². The molecule has 1 rings (SSSR count). The van der Waals surface area contributed by atoms with Gasteiger partial charge in [-0.15, -0.1) is 11.3 Å². The molecule has 0 saturated heterocycles. The van der Waals surface area contributed by atoms with Crippen LogP contribution in [-0.2, 0) is 10.0 Å². The van der Waals surface area contributed by atoms with Gasteiger partial charge in [-0.05, 0) is 32.4 Å². The highest BCUT2D eigenvalue weighted by Gasteiger charge is 2.30. The Kier molecular flexibility index (Phi) is 5.19. The summed E-state index contributed by atoms with van der Waals surface area (Å²) in [5.74, 6) is -0.170. The van der Waals surface area contributed by atoms with Crippen LogP contribution in [0, 0.1) is 6.92 Å². The molecule has 19 heavy (non-hydrogen) atoms. The Balaban J connectivity index is 3.20. The van der Waals surface area contributed by atoms with Crippen molar-refractivity contribution in [3.8, 4) is 0 Å². The standard InChI is InChI=1S/C10H16ClN3O3S2/c1-6(2)14(5-8(12)13-15)19(16,17)9-4-7(3)10(11)18-9/h4,6,15H,5H2,1-3H3,(H2,12,13). The van der Waals surface area contributed by atoms with Gasteiger partial charge in [0.1, 0.15) is 4.21 Å². The van der Waals surface area contributed by atoms with Crippen molar-refractivity contribution in [2.45, 2.75) is 31.0 Å². The molecule has 9 heteroatoms. The summed E-state index contributed by atoms with van der Waals surface area (Å²) in [7, 11) is -3.71. The van der Waals surface area contributed by atoms with Crippen molar-refractivity contribution in [1.82, 2.24) is 4.31 Å². The number of oxime groups is 1. The molecule has 3 N–H and O–H groups in total. The maximum absolute atomic E-state index is 12.5. The molecule has 0 radical (unpaired) electrons. The lowest BCUT2D eigenvalue weighted by Crippen LogP contribution is -2.42. The third kappa shape index (κ3) is 3.59. The molecule has 0 atom stereocenters. The van der Waals surface area contributed by atoms with E-state index in [-0.39, 0.29) is 22.6 Å². The van der Waals surface area contributed by atoms with Gasteiger partial charge in [0.05, 0.1) is 10.9 Å². The molecule has 0 aliphatic rings. The number of hydrogen-bond acceptors (Lipinski definition) is 5. The normalized spacial score (nSPS) is 13.5. The fourth-order valence-corrected chi connectivity index (χ4v) is 4.86. The van der Waals surface area contributed by atoms with E-state index >= 15 is 0 Å². The number of nitrogens with two attached hydrogens (primary N) is 1. The highest BCUT2D eigenvalue weighted by atomic mass is 35.5. The molecule has 0 amide bonds. The Morgan fingerprint density at radius 1 is 1.63 bits per heavy atom. The minimum absolute atomic E-state index is 0.148. The SMILES string of the molecule is Cc1cc(S(=O)(=O)N(CC(N)=NO)C(C)C)sc1Cl. The van der Waals surface area contributed by atoms with E-state index in [1.807, 2.05) is 0 Å². The second-order valence-electron chi connectivity index (χ2n) is 4.26. The second-order valence-corrected chi connectivity index (χ2v) is 8.03. The van der Waals surface area contributed by atoms with Crippen molar-refractivity contribution >= 4 is 38.8 Å². The lowest BCUT2D eigenvalue weighted by atomic mass is 10.4. The van der Waals surface area contributed by atoms with Gasteiger partial charge in [-0.2, -0.15) is 4.31 Å². The first-order valence-corrected chi connectivity index (χ1v) is 8.07. The highest BCUT2D eigenvalue weighted by Crippen LogP contribution is 2.32. The Morgan fingerprint density at radius 2 is 2.21 bits per heavy atom. The fourth-order valence-electron chi connectivity index (χ4n) is 1.41. The molecule has 0 fully saturated rings. The number of hydrogen-bond donors (Lipinski definition) is 2. The average Bonchev–Trinajstić information content (AvgIpc) is 2.66. The van der Waals surface area contributed by atoms with E-state index in [1.165, 1.54) is 6.07 Å². The topological polar surface area (TPSA) is 96.0 Å². The number of halogens is 1. The zero-order valence-corrected chi connectivity index (χ0v) is 13.2. The molecule has 1 aromatic rings. The molecule has 1 heterocycles. The number of nitrogens with zero attached hydrogens (tertiary/aromatic N) is 2. The van der Waals surface area contributed by atoms with Crippen LogP contribution in [0.25, 0.3) is 0 Å². The molecular formula is C10H16ClN3O3S2. The number of amidine groups is 1. The molecule has 108 valence electrons. The lowest BCUT2D eigenvalue weighted by molar-refractivity contribution is 0.312. The number of sulfonamides is 1. The molecule has 0 saturated carbocycles. The van der Waals surface area contributed by atoms with Crippen LogP contribution in [0.3, 0.4) is 0 Å². The van der Waals surface area contributed by atoms with Gasteiger partial charge in [0.15, 0.2) is 5.84 Å². The molecule has 0 spiro atoms. The highest BCUT2D eigenvalue weighted by molar-refractivity contribution is 7.91. The van der Waals surface area contributed by atoms with Gasteiger partial charge in [0, 0.05) is 6.04 Å². The lowest BCUT2D eigenvalue weighted by Gasteiger charge is -2.24. The van der Waals surface area contributed by atoms with E-state index in [4.69, 9.17) is 22.5 Å². The first-order chi connectivity index (χ1) is 8.70. The number of thiophene rings is 1. The van der Waals surface area contributed by atoms with Crippen LogP contribution in [0.4, 0.5) is 0 Å². The van der Waals surface area contributed by atoms with E-state index in [1.54, 1.807) is 20.8 Å². The Labute approximate surface area is 121 Å². The van der Waals surface area contributed by atoms with Crippen molar-refractivity contribution < 1.29 is 13.6 Å². The third-order valence-corrected chi connectivity index (χ3v) is 6.45. The Morgan fingerprint density at radius 3 is 2.58 bits per heavy atom. The summed E-state index contributed by atoms with van der Waals surface area (Å²) < 4.78 is 26.7. The molecule has 0 unspecified atom stereocenters. The molecule has 0 aliphatic heterocycles. The largest absolute Gasteiger partial charge is 0.409 e. The van der Waals surface area contributed by atoms with E-state index in [2.05, 4.69) is 5.16 Å². The minimum Gasteiger partial charge on any atom is -0.409 e. The Bertz CT molecular complexity index is 561. The second kappa shape index (κ2) is 6.08. The zero-order valence-electron chi connectivity index (χ0n) is 10.8. The first kappa shape index (κ1) is 16.2. The minimum atomic E-state index is -3.71. The van der Waals surface area contributed by atoms with Crippen LogP contribution < -0.4 is 5.73 Å². The summed E-state index contributed by atoms with van der Waals surface area (Å²) in [5.41, 5.74) is 6.10. The molecule has 0 aromatic carbocycles. The third-order valence-electron chi connectivity index (χ3n) is 2.42. The van der Waals surface area contributed by atoms with E-state index in [0.717, 1.165) is 15.6 Å². The summed E-state index contributed by atoms with van der Waals surface area (Å²) in [6.07, 6.45) is 0. The van der Waals surface area contributed by atoms with Crippen molar-refractivity contribution in [2.24, 2.45) is 10.9 Å². The van der Waals surface area contributed by atoms with Gasteiger partial charge in [-0.3, -0.25) is 0 Å². The monoisotopic (exact) mass is 325 g/mol. The summed E-state index contributed by atoms with van der Waals surface area (Å²) in [5, 5.41) is 11.4. The molecule has 1 aromatic heterocycles. The van der Waals surface area contributed by atoms with Crippen LogP contribution >= 0.6 is 22.9 Å². The van der Waals surface area contributed by atoms with Crippen molar-refractivity contribution in [1.29, 1.82) is 0 Å². The summed E-state index contributed by atoms with van der Waals surface area (Å²) in [4.78, 5) is 0. The first-order valence-electron chi connectivity index (χ1n) is 5.44. The van der Waals surface area contributed by atoms with Crippen LogP contribution in [0.1, 0.15) is 19.4 Å². The maximum atomic E-state index is 12.5. The van der Waals surface area contributed by atoms with Crippen molar-refractivity contribution in [2.75, 3.05) is 6.54 Å². The zero-order chi connectivity index (χ0) is 14.8. The fraction of sp³-hybridized carbons (Fsp3) is 0.500.